The Balaban J connectivity index is 2.27. The van der Waals surface area contributed by atoms with Gasteiger partial charge in [-0.1, -0.05) is 17.7 Å². The van der Waals surface area contributed by atoms with E-state index in [-0.39, 0.29) is 23.7 Å². The van der Waals surface area contributed by atoms with E-state index in [0.29, 0.717) is 17.9 Å². The lowest BCUT2D eigenvalue weighted by Gasteiger charge is -2.17. The van der Waals surface area contributed by atoms with Crippen LogP contribution in [0.1, 0.15) is 12.8 Å². The molecule has 12 heavy (non-hydrogen) atoms. The van der Waals surface area contributed by atoms with Crippen molar-refractivity contribution in [1.29, 1.82) is 0 Å². The first-order valence-corrected chi connectivity index (χ1v) is 4.25. The molecule has 0 aromatic carbocycles. The average Bonchev–Trinajstić information content (AvgIpc) is 2.28. The minimum Gasteiger partial charge on any atom is -0.296 e. The zero-order chi connectivity index (χ0) is 8.72. The van der Waals surface area contributed by atoms with E-state index in [1.165, 1.54) is 0 Å². The van der Waals surface area contributed by atoms with E-state index in [9.17, 15) is 9.59 Å². The fourth-order valence-corrected chi connectivity index (χ4v) is 1.98. The van der Waals surface area contributed by atoms with Gasteiger partial charge in [0, 0.05) is 5.03 Å². The lowest BCUT2D eigenvalue weighted by molar-refractivity contribution is -0.126. The molecule has 2 atom stereocenters. The second-order valence-corrected chi connectivity index (χ2v) is 3.64. The lowest BCUT2D eigenvalue weighted by Crippen LogP contribution is -2.22. The van der Waals surface area contributed by atoms with Crippen molar-refractivity contribution in [1.82, 2.24) is 5.32 Å². The van der Waals surface area contributed by atoms with Crippen molar-refractivity contribution in [3.8, 4) is 0 Å². The molecule has 1 aliphatic heterocycles. The summed E-state index contributed by atoms with van der Waals surface area (Å²) in [6, 6.07) is 0. The standard InChI is InChI=1S/C8H8ClNO2/c9-4-1-2-5-6(3-4)8(12)10-7(5)11/h1,5-6H,2-3H2,(H,10,11,12). The molecule has 2 aliphatic rings. The molecule has 0 spiro atoms. The third-order valence-electron chi connectivity index (χ3n) is 2.41. The van der Waals surface area contributed by atoms with E-state index >= 15 is 0 Å². The van der Waals surface area contributed by atoms with E-state index < -0.39 is 0 Å². The summed E-state index contributed by atoms with van der Waals surface area (Å²) in [7, 11) is 0. The summed E-state index contributed by atoms with van der Waals surface area (Å²) < 4.78 is 0. The second kappa shape index (κ2) is 2.59. The zero-order valence-electron chi connectivity index (χ0n) is 6.34. The predicted octanol–water partition coefficient (Wildman–Crippen LogP) is 0.792. The first-order valence-electron chi connectivity index (χ1n) is 3.87. The van der Waals surface area contributed by atoms with Gasteiger partial charge in [0.05, 0.1) is 11.8 Å². The number of imide groups is 1. The summed E-state index contributed by atoms with van der Waals surface area (Å²) in [5, 5.41) is 3.00. The van der Waals surface area contributed by atoms with Crippen LogP contribution in [-0.4, -0.2) is 11.8 Å². The van der Waals surface area contributed by atoms with Crippen LogP contribution in [0.2, 0.25) is 0 Å². The number of carbonyl (C=O) groups excluding carboxylic acids is 2. The van der Waals surface area contributed by atoms with Crippen molar-refractivity contribution in [2.24, 2.45) is 11.8 Å². The number of allylic oxidation sites excluding steroid dienone is 2. The van der Waals surface area contributed by atoms with Crippen LogP contribution in [0.15, 0.2) is 11.1 Å². The number of halogens is 1. The molecule has 1 N–H and O–H groups in total. The maximum Gasteiger partial charge on any atom is 0.230 e. The van der Waals surface area contributed by atoms with Crippen molar-refractivity contribution in [2.45, 2.75) is 12.8 Å². The molecule has 2 rings (SSSR count). The van der Waals surface area contributed by atoms with Crippen LogP contribution in [0.4, 0.5) is 0 Å². The van der Waals surface area contributed by atoms with Crippen LogP contribution >= 0.6 is 11.6 Å². The highest BCUT2D eigenvalue weighted by molar-refractivity contribution is 6.30. The third-order valence-corrected chi connectivity index (χ3v) is 2.72. The topological polar surface area (TPSA) is 46.2 Å². The third kappa shape index (κ3) is 1.05. The largest absolute Gasteiger partial charge is 0.296 e. The normalized spacial score (nSPS) is 34.2. The highest BCUT2D eigenvalue weighted by Gasteiger charge is 2.42. The molecular formula is C8H8ClNO2. The summed E-state index contributed by atoms with van der Waals surface area (Å²) in [6.45, 7) is 0. The van der Waals surface area contributed by atoms with Crippen molar-refractivity contribution < 1.29 is 9.59 Å². The number of carbonyl (C=O) groups is 2. The van der Waals surface area contributed by atoms with Crippen LogP contribution in [0.5, 0.6) is 0 Å². The highest BCUT2D eigenvalue weighted by Crippen LogP contribution is 2.34. The van der Waals surface area contributed by atoms with Crippen molar-refractivity contribution in [3.05, 3.63) is 11.1 Å². The molecule has 1 aliphatic carbocycles. The molecule has 0 radical (unpaired) electrons. The van der Waals surface area contributed by atoms with Gasteiger partial charge in [-0.2, -0.15) is 0 Å². The van der Waals surface area contributed by atoms with Gasteiger partial charge in [-0.05, 0) is 12.8 Å². The SMILES string of the molecule is O=C1NC(=O)C2CC(Cl)=CCC12. The van der Waals surface area contributed by atoms with Crippen LogP contribution in [-0.2, 0) is 9.59 Å². The smallest absolute Gasteiger partial charge is 0.230 e. The summed E-state index contributed by atoms with van der Waals surface area (Å²) in [5.41, 5.74) is 0. The molecule has 3 nitrogen and oxygen atoms in total. The van der Waals surface area contributed by atoms with Gasteiger partial charge in [0.15, 0.2) is 0 Å². The van der Waals surface area contributed by atoms with E-state index in [4.69, 9.17) is 11.6 Å². The Morgan fingerprint density at radius 3 is 2.75 bits per heavy atom. The molecule has 1 heterocycles. The quantitative estimate of drug-likeness (QED) is 0.568. The van der Waals surface area contributed by atoms with Crippen LogP contribution in [0, 0.1) is 11.8 Å². The Morgan fingerprint density at radius 1 is 1.33 bits per heavy atom. The molecule has 2 unspecified atom stereocenters. The summed E-state index contributed by atoms with van der Waals surface area (Å²) in [6.07, 6.45) is 2.94. The predicted molar refractivity (Wildman–Crippen MR) is 43.3 cm³/mol. The number of nitrogens with one attached hydrogen (secondary N) is 1. The van der Waals surface area contributed by atoms with Crippen molar-refractivity contribution in [2.75, 3.05) is 0 Å². The van der Waals surface area contributed by atoms with E-state index in [0.717, 1.165) is 0 Å². The first-order chi connectivity index (χ1) is 5.68. The zero-order valence-corrected chi connectivity index (χ0v) is 7.10. The van der Waals surface area contributed by atoms with Gasteiger partial charge in [0.1, 0.15) is 0 Å². The van der Waals surface area contributed by atoms with E-state index in [2.05, 4.69) is 5.32 Å². The highest BCUT2D eigenvalue weighted by atomic mass is 35.5. The summed E-state index contributed by atoms with van der Waals surface area (Å²) >= 11 is 5.77. The maximum atomic E-state index is 11.1. The van der Waals surface area contributed by atoms with Crippen molar-refractivity contribution in [3.63, 3.8) is 0 Å². The second-order valence-electron chi connectivity index (χ2n) is 3.16. The Morgan fingerprint density at radius 2 is 2.00 bits per heavy atom. The minimum atomic E-state index is -0.213. The fraction of sp³-hybridized carbons (Fsp3) is 0.500. The van der Waals surface area contributed by atoms with Gasteiger partial charge in [-0.3, -0.25) is 14.9 Å². The van der Waals surface area contributed by atoms with E-state index in [1.54, 1.807) is 0 Å². The van der Waals surface area contributed by atoms with Gasteiger partial charge >= 0.3 is 0 Å². The lowest BCUT2D eigenvalue weighted by atomic mass is 9.85. The monoisotopic (exact) mass is 185 g/mol. The molecule has 1 fully saturated rings. The number of rotatable bonds is 0. The van der Waals surface area contributed by atoms with Crippen LogP contribution in [0.3, 0.4) is 0 Å². The molecule has 64 valence electrons. The number of hydrogen-bond acceptors (Lipinski definition) is 2. The van der Waals surface area contributed by atoms with Gasteiger partial charge in [0.25, 0.3) is 0 Å². The number of hydrogen-bond donors (Lipinski definition) is 1. The fourth-order valence-electron chi connectivity index (χ4n) is 1.73. The summed E-state index contributed by atoms with van der Waals surface area (Å²) in [5.74, 6) is -0.698. The van der Waals surface area contributed by atoms with Crippen LogP contribution < -0.4 is 5.32 Å². The Hall–Kier alpha value is -0.830. The molecule has 0 aromatic heterocycles. The minimum absolute atomic E-state index is 0.148. The number of fused-ring (bicyclic) bond motifs is 1. The first kappa shape index (κ1) is 7.80. The summed E-state index contributed by atoms with van der Waals surface area (Å²) in [4.78, 5) is 22.3. The molecule has 2 amide bonds. The molecule has 1 saturated heterocycles. The Kier molecular flexibility index (Phi) is 1.68. The van der Waals surface area contributed by atoms with Gasteiger partial charge in [0.2, 0.25) is 11.8 Å². The molecular weight excluding hydrogens is 178 g/mol. The maximum absolute atomic E-state index is 11.1. The van der Waals surface area contributed by atoms with Gasteiger partial charge in [-0.25, -0.2) is 0 Å². The molecule has 0 bridgehead atoms. The van der Waals surface area contributed by atoms with Crippen molar-refractivity contribution >= 4 is 23.4 Å². The van der Waals surface area contributed by atoms with E-state index in [1.807, 2.05) is 6.08 Å². The average molecular weight is 186 g/mol. The van der Waals surface area contributed by atoms with Crippen LogP contribution in [0.25, 0.3) is 0 Å². The van der Waals surface area contributed by atoms with Gasteiger partial charge < -0.3 is 0 Å². The molecule has 0 saturated carbocycles. The molecule has 4 heteroatoms. The number of amides is 2. The Labute approximate surface area is 74.8 Å². The van der Waals surface area contributed by atoms with Gasteiger partial charge in [-0.15, -0.1) is 0 Å². The molecule has 0 aromatic rings. The Bertz CT molecular complexity index is 285.